The topological polar surface area (TPSA) is 54.1 Å². The van der Waals surface area contributed by atoms with Crippen LogP contribution in [0.3, 0.4) is 0 Å². The Hall–Kier alpha value is -1.39. The number of nitrogens with one attached hydrogen (secondary N) is 2. The molecule has 2 aromatic rings. The molecule has 1 aliphatic rings. The Morgan fingerprint density at radius 1 is 1.23 bits per heavy atom. The summed E-state index contributed by atoms with van der Waals surface area (Å²) in [5.74, 6) is 1.11. The van der Waals surface area contributed by atoms with Gasteiger partial charge in [0.2, 0.25) is 5.88 Å². The van der Waals surface area contributed by atoms with Gasteiger partial charge in [-0.25, -0.2) is 4.79 Å². The molecule has 0 aliphatic heterocycles. The highest BCUT2D eigenvalue weighted by atomic mass is 35.5. The summed E-state index contributed by atoms with van der Waals surface area (Å²) >= 11 is 12.1. The summed E-state index contributed by atoms with van der Waals surface area (Å²) < 4.78 is 5.32. The number of hydrogen-bond donors (Lipinski definition) is 2. The summed E-state index contributed by atoms with van der Waals surface area (Å²) in [4.78, 5) is 15.0. The predicted molar refractivity (Wildman–Crippen MR) is 88.9 cm³/mol. The van der Waals surface area contributed by atoms with E-state index in [0.29, 0.717) is 15.9 Å². The van der Waals surface area contributed by atoms with Gasteiger partial charge in [-0.1, -0.05) is 30.1 Å². The number of fused-ring (bicyclic) bond motifs is 1. The van der Waals surface area contributed by atoms with E-state index in [9.17, 15) is 4.79 Å². The van der Waals surface area contributed by atoms with Crippen LogP contribution < -0.4 is 10.1 Å². The van der Waals surface area contributed by atoms with Crippen LogP contribution in [-0.4, -0.2) is 17.1 Å². The van der Waals surface area contributed by atoms with Gasteiger partial charge in [0.1, 0.15) is 0 Å². The Balaban J connectivity index is 1.65. The fourth-order valence-electron chi connectivity index (χ4n) is 2.89. The Morgan fingerprint density at radius 2 is 1.95 bits per heavy atom. The summed E-state index contributed by atoms with van der Waals surface area (Å²) in [5, 5.41) is 4.75. The second kappa shape index (κ2) is 6.39. The molecule has 1 aliphatic carbocycles. The number of hydrogen-bond acceptors (Lipinski definition) is 2. The molecule has 1 aromatic heterocycles. The maximum atomic E-state index is 12.0. The maximum absolute atomic E-state index is 12.0. The van der Waals surface area contributed by atoms with E-state index in [1.807, 2.05) is 0 Å². The smallest absolute Gasteiger partial charge is 0.393 e. The van der Waals surface area contributed by atoms with Gasteiger partial charge < -0.3 is 15.0 Å². The zero-order chi connectivity index (χ0) is 15.7. The van der Waals surface area contributed by atoms with E-state index in [0.717, 1.165) is 42.5 Å². The standard InChI is InChI=1S/C16H18Cl2N2O2/c1-9-2-4-11(5-3-9)19-16(21)22-15-8-12-13(18)6-10(17)7-14(12)20-15/h6-9,11,20H,2-5H2,1H3,(H,19,21)/t9-,11+. The number of ether oxygens (including phenoxy) is 1. The van der Waals surface area contributed by atoms with Crippen molar-refractivity contribution in [3.8, 4) is 5.88 Å². The first-order valence-electron chi connectivity index (χ1n) is 7.47. The lowest BCUT2D eigenvalue weighted by atomic mass is 9.87. The first-order chi connectivity index (χ1) is 10.5. The fraction of sp³-hybridized carbons (Fsp3) is 0.438. The van der Waals surface area contributed by atoms with Crippen LogP contribution in [0.2, 0.25) is 10.0 Å². The number of amides is 1. The van der Waals surface area contributed by atoms with Gasteiger partial charge in [-0.05, 0) is 43.7 Å². The Kier molecular flexibility index (Phi) is 4.50. The van der Waals surface area contributed by atoms with Crippen LogP contribution in [0.4, 0.5) is 4.79 Å². The second-order valence-electron chi connectivity index (χ2n) is 5.97. The van der Waals surface area contributed by atoms with Crippen molar-refractivity contribution in [1.82, 2.24) is 10.3 Å². The molecule has 1 saturated carbocycles. The number of aromatic nitrogens is 1. The molecule has 0 saturated heterocycles. The number of carbonyl (C=O) groups excluding carboxylic acids is 1. The molecule has 1 amide bonds. The quantitative estimate of drug-likeness (QED) is 0.794. The minimum Gasteiger partial charge on any atom is -0.393 e. The summed E-state index contributed by atoms with van der Waals surface area (Å²) in [5.41, 5.74) is 0.742. The minimum atomic E-state index is -0.437. The van der Waals surface area contributed by atoms with Crippen molar-refractivity contribution in [2.45, 2.75) is 38.6 Å². The third-order valence-corrected chi connectivity index (χ3v) is 4.70. The number of rotatable bonds is 2. The Morgan fingerprint density at radius 3 is 2.68 bits per heavy atom. The number of H-pyrrole nitrogens is 1. The summed E-state index contributed by atoms with van der Waals surface area (Å²) in [7, 11) is 0. The molecule has 1 aromatic carbocycles. The highest BCUT2D eigenvalue weighted by Crippen LogP contribution is 2.31. The molecular weight excluding hydrogens is 323 g/mol. The zero-order valence-electron chi connectivity index (χ0n) is 12.3. The molecule has 22 heavy (non-hydrogen) atoms. The highest BCUT2D eigenvalue weighted by Gasteiger charge is 2.20. The largest absolute Gasteiger partial charge is 0.414 e. The maximum Gasteiger partial charge on any atom is 0.414 e. The Bertz CT molecular complexity index is 691. The van der Waals surface area contributed by atoms with Crippen LogP contribution in [0.5, 0.6) is 5.88 Å². The number of carbonyl (C=O) groups is 1. The molecule has 0 unspecified atom stereocenters. The first-order valence-corrected chi connectivity index (χ1v) is 8.23. The molecule has 1 heterocycles. The van der Waals surface area contributed by atoms with Crippen LogP contribution in [0.15, 0.2) is 18.2 Å². The molecule has 0 atom stereocenters. The van der Waals surface area contributed by atoms with Crippen molar-refractivity contribution in [2.75, 3.05) is 0 Å². The third-order valence-electron chi connectivity index (χ3n) is 4.17. The predicted octanol–water partition coefficient (Wildman–Crippen LogP) is 5.14. The first kappa shape index (κ1) is 15.5. The van der Waals surface area contributed by atoms with E-state index in [1.54, 1.807) is 18.2 Å². The van der Waals surface area contributed by atoms with E-state index in [2.05, 4.69) is 17.2 Å². The van der Waals surface area contributed by atoms with Crippen molar-refractivity contribution in [3.05, 3.63) is 28.2 Å². The summed E-state index contributed by atoms with van der Waals surface area (Å²) in [6.07, 6.45) is 3.86. The molecule has 0 spiro atoms. The van der Waals surface area contributed by atoms with Crippen molar-refractivity contribution in [3.63, 3.8) is 0 Å². The van der Waals surface area contributed by atoms with Gasteiger partial charge in [0.25, 0.3) is 0 Å². The fourth-order valence-corrected chi connectivity index (χ4v) is 3.44. The van der Waals surface area contributed by atoms with Crippen molar-refractivity contribution in [1.29, 1.82) is 0 Å². The number of benzene rings is 1. The van der Waals surface area contributed by atoms with E-state index in [4.69, 9.17) is 27.9 Å². The van der Waals surface area contributed by atoms with Gasteiger partial charge in [0.05, 0.1) is 10.5 Å². The highest BCUT2D eigenvalue weighted by molar-refractivity contribution is 6.38. The van der Waals surface area contributed by atoms with E-state index in [1.165, 1.54) is 0 Å². The van der Waals surface area contributed by atoms with Gasteiger partial charge in [-0.2, -0.15) is 0 Å². The third kappa shape index (κ3) is 3.50. The zero-order valence-corrected chi connectivity index (χ0v) is 13.8. The van der Waals surface area contributed by atoms with Crippen molar-refractivity contribution < 1.29 is 9.53 Å². The number of aromatic amines is 1. The lowest BCUT2D eigenvalue weighted by molar-refractivity contribution is 0.187. The molecule has 4 nitrogen and oxygen atoms in total. The number of halogens is 2. The Labute approximate surface area is 139 Å². The van der Waals surface area contributed by atoms with Crippen LogP contribution in [0.25, 0.3) is 10.9 Å². The molecule has 6 heteroatoms. The van der Waals surface area contributed by atoms with Gasteiger partial charge in [-0.3, -0.25) is 0 Å². The molecule has 118 valence electrons. The summed E-state index contributed by atoms with van der Waals surface area (Å²) in [6.45, 7) is 2.24. The second-order valence-corrected chi connectivity index (χ2v) is 6.82. The van der Waals surface area contributed by atoms with Crippen LogP contribution >= 0.6 is 23.2 Å². The van der Waals surface area contributed by atoms with Crippen molar-refractivity contribution in [2.24, 2.45) is 5.92 Å². The lowest BCUT2D eigenvalue weighted by Gasteiger charge is -2.26. The van der Waals surface area contributed by atoms with E-state index >= 15 is 0 Å². The van der Waals surface area contributed by atoms with Crippen LogP contribution in [0.1, 0.15) is 32.6 Å². The molecule has 1 fully saturated rings. The van der Waals surface area contributed by atoms with E-state index < -0.39 is 6.09 Å². The lowest BCUT2D eigenvalue weighted by Crippen LogP contribution is -2.39. The molecule has 3 rings (SSSR count). The van der Waals surface area contributed by atoms with Gasteiger partial charge >= 0.3 is 6.09 Å². The summed E-state index contributed by atoms with van der Waals surface area (Å²) in [6, 6.07) is 5.31. The van der Waals surface area contributed by atoms with Crippen LogP contribution in [0, 0.1) is 5.92 Å². The van der Waals surface area contributed by atoms with Gasteiger partial charge in [0, 0.05) is 22.5 Å². The SMILES string of the molecule is C[C@H]1CC[C@@H](NC(=O)Oc2cc3c(Cl)cc(Cl)cc3[nH]2)CC1. The monoisotopic (exact) mass is 340 g/mol. The van der Waals surface area contributed by atoms with E-state index in [-0.39, 0.29) is 6.04 Å². The average molecular weight is 341 g/mol. The average Bonchev–Trinajstić information content (AvgIpc) is 2.84. The molecule has 0 radical (unpaired) electrons. The normalized spacial score (nSPS) is 21.8. The van der Waals surface area contributed by atoms with Gasteiger partial charge in [-0.15, -0.1) is 0 Å². The molecule has 0 bridgehead atoms. The molecule has 2 N–H and O–H groups in total. The minimum absolute atomic E-state index is 0.200. The van der Waals surface area contributed by atoms with Crippen molar-refractivity contribution >= 4 is 40.2 Å². The van der Waals surface area contributed by atoms with Crippen LogP contribution in [-0.2, 0) is 0 Å². The van der Waals surface area contributed by atoms with Gasteiger partial charge in [0.15, 0.2) is 0 Å². The molecular formula is C16H18Cl2N2O2.